The number of morpholine rings is 1. The van der Waals surface area contributed by atoms with Crippen molar-refractivity contribution in [1.29, 1.82) is 0 Å². The Morgan fingerprint density at radius 3 is 3.06 bits per heavy atom. The highest BCUT2D eigenvalue weighted by Crippen LogP contribution is 2.16. The van der Waals surface area contributed by atoms with Gasteiger partial charge in [0.15, 0.2) is 5.13 Å². The maximum atomic E-state index is 5.76. The van der Waals surface area contributed by atoms with Crippen LogP contribution in [0.2, 0.25) is 0 Å². The van der Waals surface area contributed by atoms with Crippen LogP contribution >= 0.6 is 11.3 Å². The van der Waals surface area contributed by atoms with Gasteiger partial charge in [0.25, 0.3) is 0 Å². The summed E-state index contributed by atoms with van der Waals surface area (Å²) in [6.07, 6.45) is 0.849. The molecule has 1 saturated heterocycles. The van der Waals surface area contributed by atoms with E-state index in [2.05, 4.69) is 20.6 Å². The molecule has 0 spiro atoms. The molecule has 6 heteroatoms. The molecule has 0 bridgehead atoms. The lowest BCUT2D eigenvalue weighted by molar-refractivity contribution is 0.0398. The average molecular weight is 270 g/mol. The van der Waals surface area contributed by atoms with Crippen molar-refractivity contribution >= 4 is 16.5 Å². The summed E-state index contributed by atoms with van der Waals surface area (Å²) in [5.74, 6) is 0. The van der Waals surface area contributed by atoms with Gasteiger partial charge in [-0.25, -0.2) is 4.98 Å². The van der Waals surface area contributed by atoms with Gasteiger partial charge >= 0.3 is 0 Å². The van der Waals surface area contributed by atoms with Crippen LogP contribution in [-0.2, 0) is 11.2 Å². The number of ether oxygens (including phenoxy) is 1. The highest BCUT2D eigenvalue weighted by Gasteiger charge is 2.09. The third kappa shape index (κ3) is 4.53. The SMILES string of the molecule is CC(N)Cc1csc(NCCN2CCOCC2)n1. The third-order valence-corrected chi connectivity index (χ3v) is 3.74. The van der Waals surface area contributed by atoms with Crippen LogP contribution in [0.3, 0.4) is 0 Å². The van der Waals surface area contributed by atoms with Crippen molar-refractivity contribution in [3.8, 4) is 0 Å². The second-order valence-electron chi connectivity index (χ2n) is 4.71. The molecule has 1 atom stereocenters. The standard InChI is InChI=1S/C12H22N4OS/c1-10(13)8-11-9-18-12(15-11)14-2-3-16-4-6-17-7-5-16/h9-10H,2-8,13H2,1H3,(H,14,15). The molecular weight excluding hydrogens is 248 g/mol. The largest absolute Gasteiger partial charge is 0.379 e. The molecule has 2 heterocycles. The molecule has 1 fully saturated rings. The van der Waals surface area contributed by atoms with E-state index in [1.54, 1.807) is 11.3 Å². The summed E-state index contributed by atoms with van der Waals surface area (Å²) in [6, 6.07) is 0.174. The second-order valence-corrected chi connectivity index (χ2v) is 5.56. The first-order valence-electron chi connectivity index (χ1n) is 6.48. The molecule has 0 amide bonds. The van der Waals surface area contributed by atoms with Gasteiger partial charge in [0.2, 0.25) is 0 Å². The van der Waals surface area contributed by atoms with Crippen molar-refractivity contribution in [2.45, 2.75) is 19.4 Å². The molecule has 3 N–H and O–H groups in total. The molecule has 0 aliphatic carbocycles. The zero-order valence-corrected chi connectivity index (χ0v) is 11.7. The van der Waals surface area contributed by atoms with Gasteiger partial charge in [-0.05, 0) is 6.92 Å². The van der Waals surface area contributed by atoms with Crippen LogP contribution in [0.25, 0.3) is 0 Å². The van der Waals surface area contributed by atoms with Crippen molar-refractivity contribution in [2.75, 3.05) is 44.7 Å². The Bertz CT molecular complexity index is 350. The number of nitrogens with one attached hydrogen (secondary N) is 1. The fraction of sp³-hybridized carbons (Fsp3) is 0.750. The number of rotatable bonds is 6. The number of nitrogens with zero attached hydrogens (tertiary/aromatic N) is 2. The molecule has 1 aromatic rings. The lowest BCUT2D eigenvalue weighted by Gasteiger charge is -2.26. The van der Waals surface area contributed by atoms with Crippen LogP contribution in [0, 0.1) is 0 Å². The topological polar surface area (TPSA) is 63.4 Å². The van der Waals surface area contributed by atoms with Gasteiger partial charge in [-0.1, -0.05) is 0 Å². The monoisotopic (exact) mass is 270 g/mol. The van der Waals surface area contributed by atoms with Crippen molar-refractivity contribution in [3.05, 3.63) is 11.1 Å². The van der Waals surface area contributed by atoms with Crippen LogP contribution in [0.1, 0.15) is 12.6 Å². The minimum absolute atomic E-state index is 0.174. The lowest BCUT2D eigenvalue weighted by atomic mass is 10.2. The molecule has 2 rings (SSSR count). The lowest BCUT2D eigenvalue weighted by Crippen LogP contribution is -2.39. The first kappa shape index (κ1) is 13.7. The fourth-order valence-corrected chi connectivity index (χ4v) is 2.71. The highest BCUT2D eigenvalue weighted by molar-refractivity contribution is 7.13. The Kier molecular flexibility index (Phi) is 5.37. The van der Waals surface area contributed by atoms with Gasteiger partial charge < -0.3 is 15.8 Å². The minimum Gasteiger partial charge on any atom is -0.379 e. The molecule has 1 aliphatic heterocycles. The zero-order chi connectivity index (χ0) is 12.8. The molecule has 1 aliphatic rings. The smallest absolute Gasteiger partial charge is 0.182 e. The molecular formula is C12H22N4OS. The van der Waals surface area contributed by atoms with Crippen LogP contribution in [0.15, 0.2) is 5.38 Å². The number of nitrogens with two attached hydrogens (primary N) is 1. The van der Waals surface area contributed by atoms with E-state index in [0.717, 1.165) is 56.6 Å². The predicted octanol–water partition coefficient (Wildman–Crippen LogP) is 0.777. The molecule has 1 aromatic heterocycles. The molecule has 5 nitrogen and oxygen atoms in total. The molecule has 102 valence electrons. The van der Waals surface area contributed by atoms with Crippen molar-refractivity contribution < 1.29 is 4.74 Å². The van der Waals surface area contributed by atoms with E-state index < -0.39 is 0 Å². The number of anilines is 1. The van der Waals surface area contributed by atoms with E-state index in [0.29, 0.717) is 0 Å². The number of aromatic nitrogens is 1. The van der Waals surface area contributed by atoms with Gasteiger partial charge in [-0.3, -0.25) is 4.90 Å². The quantitative estimate of drug-likeness (QED) is 0.800. The zero-order valence-electron chi connectivity index (χ0n) is 10.9. The summed E-state index contributed by atoms with van der Waals surface area (Å²) in [4.78, 5) is 6.93. The number of hydrogen-bond donors (Lipinski definition) is 2. The van der Waals surface area contributed by atoms with Gasteiger partial charge in [0.05, 0.1) is 18.9 Å². The molecule has 18 heavy (non-hydrogen) atoms. The second kappa shape index (κ2) is 7.04. The molecule has 0 saturated carbocycles. The van der Waals surface area contributed by atoms with Crippen LogP contribution in [0.5, 0.6) is 0 Å². The third-order valence-electron chi connectivity index (χ3n) is 2.89. The van der Waals surface area contributed by atoms with E-state index in [4.69, 9.17) is 10.5 Å². The molecule has 0 radical (unpaired) electrons. The van der Waals surface area contributed by atoms with Crippen LogP contribution in [0.4, 0.5) is 5.13 Å². The Morgan fingerprint density at radius 1 is 1.56 bits per heavy atom. The van der Waals surface area contributed by atoms with Crippen molar-refractivity contribution in [3.63, 3.8) is 0 Å². The Hall–Kier alpha value is -0.690. The van der Waals surface area contributed by atoms with E-state index >= 15 is 0 Å². The van der Waals surface area contributed by atoms with E-state index in [-0.39, 0.29) is 6.04 Å². The molecule has 0 aromatic carbocycles. The van der Waals surface area contributed by atoms with Crippen molar-refractivity contribution in [1.82, 2.24) is 9.88 Å². The van der Waals surface area contributed by atoms with E-state index in [9.17, 15) is 0 Å². The van der Waals surface area contributed by atoms with Crippen molar-refractivity contribution in [2.24, 2.45) is 5.73 Å². The van der Waals surface area contributed by atoms with Gasteiger partial charge in [0, 0.05) is 44.0 Å². The average Bonchev–Trinajstić information content (AvgIpc) is 2.77. The maximum Gasteiger partial charge on any atom is 0.182 e. The summed E-state index contributed by atoms with van der Waals surface area (Å²) < 4.78 is 5.32. The number of hydrogen-bond acceptors (Lipinski definition) is 6. The van der Waals surface area contributed by atoms with E-state index in [1.807, 2.05) is 6.92 Å². The fourth-order valence-electron chi connectivity index (χ4n) is 1.96. The number of thiazole rings is 1. The van der Waals surface area contributed by atoms with Gasteiger partial charge in [-0.15, -0.1) is 11.3 Å². The summed E-state index contributed by atoms with van der Waals surface area (Å²) in [6.45, 7) is 7.78. The van der Waals surface area contributed by atoms with Crippen LogP contribution < -0.4 is 11.1 Å². The first-order chi connectivity index (χ1) is 8.74. The normalized spacial score (nSPS) is 18.8. The summed E-state index contributed by atoms with van der Waals surface area (Å²) in [5, 5.41) is 6.45. The van der Waals surface area contributed by atoms with Gasteiger partial charge in [-0.2, -0.15) is 0 Å². The van der Waals surface area contributed by atoms with Gasteiger partial charge in [0.1, 0.15) is 0 Å². The van der Waals surface area contributed by atoms with Crippen LogP contribution in [-0.4, -0.2) is 55.3 Å². The minimum atomic E-state index is 0.174. The highest BCUT2D eigenvalue weighted by atomic mass is 32.1. The Morgan fingerprint density at radius 2 is 2.33 bits per heavy atom. The van der Waals surface area contributed by atoms with E-state index in [1.165, 1.54) is 0 Å². The summed E-state index contributed by atoms with van der Waals surface area (Å²) in [7, 11) is 0. The Balaban J connectivity index is 1.67. The Labute approximate surface area is 112 Å². The maximum absolute atomic E-state index is 5.76. The summed E-state index contributed by atoms with van der Waals surface area (Å²) in [5.41, 5.74) is 6.84. The summed E-state index contributed by atoms with van der Waals surface area (Å²) >= 11 is 1.66. The predicted molar refractivity (Wildman–Crippen MR) is 75.2 cm³/mol. The first-order valence-corrected chi connectivity index (χ1v) is 7.36. The molecule has 1 unspecified atom stereocenters.